The minimum atomic E-state index is 0.448. The highest BCUT2D eigenvalue weighted by Gasteiger charge is 2.02. The highest BCUT2D eigenvalue weighted by Crippen LogP contribution is 2.03. The van der Waals surface area contributed by atoms with Crippen LogP contribution in [0, 0.1) is 0 Å². The average molecular weight is 217 g/mol. The summed E-state index contributed by atoms with van der Waals surface area (Å²) in [6.07, 6.45) is 5.41. The Morgan fingerprint density at radius 3 is 3.00 bits per heavy atom. The number of nitrogens with zero attached hydrogens (tertiary/aromatic N) is 4. The van der Waals surface area contributed by atoms with E-state index in [0.29, 0.717) is 6.04 Å². The Bertz CT molecular complexity index is 435. The minimum absolute atomic E-state index is 0.448. The van der Waals surface area contributed by atoms with E-state index in [1.807, 2.05) is 18.3 Å². The Morgan fingerprint density at radius 2 is 2.31 bits per heavy atom. The second-order valence-corrected chi connectivity index (χ2v) is 3.90. The van der Waals surface area contributed by atoms with Crippen LogP contribution in [0.5, 0.6) is 0 Å². The lowest BCUT2D eigenvalue weighted by Crippen LogP contribution is -2.21. The molecule has 84 valence electrons. The summed E-state index contributed by atoms with van der Waals surface area (Å²) < 4.78 is 1.73. The lowest BCUT2D eigenvalue weighted by molar-refractivity contribution is 0.580. The zero-order valence-electron chi connectivity index (χ0n) is 9.46. The molecule has 16 heavy (non-hydrogen) atoms. The Morgan fingerprint density at radius 1 is 1.44 bits per heavy atom. The smallest absolute Gasteiger partial charge is 0.0969 e. The lowest BCUT2D eigenvalue weighted by atomic mass is 10.3. The van der Waals surface area contributed by atoms with Crippen LogP contribution in [0.25, 0.3) is 5.69 Å². The van der Waals surface area contributed by atoms with Gasteiger partial charge in [-0.3, -0.25) is 4.98 Å². The molecule has 0 atom stereocenters. The fourth-order valence-corrected chi connectivity index (χ4v) is 1.30. The zero-order valence-corrected chi connectivity index (χ0v) is 9.46. The molecular formula is C11H15N5. The Kier molecular flexibility index (Phi) is 3.26. The standard InChI is InChI=1S/C11H15N5/c1-9(2)13-6-10-8-16(15-14-10)11-4-3-5-12-7-11/h3-5,7-9,13H,6H2,1-2H3. The van der Waals surface area contributed by atoms with Crippen molar-refractivity contribution in [2.45, 2.75) is 26.4 Å². The SMILES string of the molecule is CC(C)NCc1cn(-c2cccnc2)nn1. The minimum Gasteiger partial charge on any atom is -0.309 e. The largest absolute Gasteiger partial charge is 0.309 e. The van der Waals surface area contributed by atoms with Crippen LogP contribution in [0.15, 0.2) is 30.7 Å². The Hall–Kier alpha value is -1.75. The monoisotopic (exact) mass is 217 g/mol. The van der Waals surface area contributed by atoms with Crippen molar-refractivity contribution in [2.75, 3.05) is 0 Å². The predicted molar refractivity (Wildman–Crippen MR) is 61.1 cm³/mol. The van der Waals surface area contributed by atoms with E-state index < -0.39 is 0 Å². The van der Waals surface area contributed by atoms with E-state index in [-0.39, 0.29) is 0 Å². The van der Waals surface area contributed by atoms with Crippen LogP contribution in [0.4, 0.5) is 0 Å². The van der Waals surface area contributed by atoms with E-state index in [1.54, 1.807) is 17.1 Å². The van der Waals surface area contributed by atoms with Gasteiger partial charge in [-0.25, -0.2) is 4.68 Å². The maximum Gasteiger partial charge on any atom is 0.0969 e. The van der Waals surface area contributed by atoms with Crippen molar-refractivity contribution in [2.24, 2.45) is 0 Å². The van der Waals surface area contributed by atoms with Gasteiger partial charge in [0.05, 0.1) is 23.8 Å². The van der Waals surface area contributed by atoms with Crippen molar-refractivity contribution in [3.05, 3.63) is 36.4 Å². The molecule has 1 N–H and O–H groups in total. The van der Waals surface area contributed by atoms with Crippen molar-refractivity contribution in [3.8, 4) is 5.69 Å². The van der Waals surface area contributed by atoms with Gasteiger partial charge in [-0.05, 0) is 12.1 Å². The van der Waals surface area contributed by atoms with Crippen LogP contribution in [0.3, 0.4) is 0 Å². The molecule has 0 radical (unpaired) electrons. The van der Waals surface area contributed by atoms with E-state index in [1.165, 1.54) is 0 Å². The zero-order chi connectivity index (χ0) is 11.4. The molecule has 5 heteroatoms. The second-order valence-electron chi connectivity index (χ2n) is 3.90. The van der Waals surface area contributed by atoms with Crippen LogP contribution in [-0.4, -0.2) is 26.0 Å². The molecule has 0 aliphatic heterocycles. The normalized spacial score (nSPS) is 10.9. The van der Waals surface area contributed by atoms with Crippen LogP contribution in [0.2, 0.25) is 0 Å². The van der Waals surface area contributed by atoms with E-state index in [4.69, 9.17) is 0 Å². The summed E-state index contributed by atoms with van der Waals surface area (Å²) in [6.45, 7) is 4.94. The number of hydrogen-bond donors (Lipinski definition) is 1. The summed E-state index contributed by atoms with van der Waals surface area (Å²) in [4.78, 5) is 4.04. The van der Waals surface area contributed by atoms with Gasteiger partial charge in [-0.15, -0.1) is 5.10 Å². The van der Waals surface area contributed by atoms with Crippen molar-refractivity contribution in [1.29, 1.82) is 0 Å². The van der Waals surface area contributed by atoms with Crippen LogP contribution in [0.1, 0.15) is 19.5 Å². The van der Waals surface area contributed by atoms with Gasteiger partial charge in [0.2, 0.25) is 0 Å². The molecule has 0 aromatic carbocycles. The maximum atomic E-state index is 4.09. The summed E-state index contributed by atoms with van der Waals surface area (Å²) in [5.74, 6) is 0. The van der Waals surface area contributed by atoms with Crippen LogP contribution >= 0.6 is 0 Å². The van der Waals surface area contributed by atoms with Gasteiger partial charge in [-0.1, -0.05) is 19.1 Å². The molecule has 0 aliphatic rings. The molecular weight excluding hydrogens is 202 g/mol. The first-order valence-electron chi connectivity index (χ1n) is 5.30. The second kappa shape index (κ2) is 4.85. The summed E-state index contributed by atoms with van der Waals surface area (Å²) >= 11 is 0. The van der Waals surface area contributed by atoms with Gasteiger partial charge in [0, 0.05) is 18.8 Å². The molecule has 2 aromatic rings. The van der Waals surface area contributed by atoms with Gasteiger partial charge in [-0.2, -0.15) is 0 Å². The third-order valence-electron chi connectivity index (χ3n) is 2.14. The molecule has 0 saturated carbocycles. The number of nitrogens with one attached hydrogen (secondary N) is 1. The fourth-order valence-electron chi connectivity index (χ4n) is 1.30. The molecule has 2 aromatic heterocycles. The van der Waals surface area contributed by atoms with Crippen molar-refractivity contribution >= 4 is 0 Å². The van der Waals surface area contributed by atoms with E-state index in [2.05, 4.69) is 34.5 Å². The molecule has 2 rings (SSSR count). The van der Waals surface area contributed by atoms with Gasteiger partial charge < -0.3 is 5.32 Å². The fraction of sp³-hybridized carbons (Fsp3) is 0.364. The van der Waals surface area contributed by atoms with Crippen molar-refractivity contribution < 1.29 is 0 Å². The van der Waals surface area contributed by atoms with Crippen molar-refractivity contribution in [1.82, 2.24) is 25.3 Å². The predicted octanol–water partition coefficient (Wildman–Crippen LogP) is 1.16. The lowest BCUT2D eigenvalue weighted by Gasteiger charge is -2.04. The number of aromatic nitrogens is 4. The summed E-state index contributed by atoms with van der Waals surface area (Å²) in [5.41, 5.74) is 1.85. The molecule has 0 spiro atoms. The first kappa shape index (κ1) is 10.8. The third-order valence-corrected chi connectivity index (χ3v) is 2.14. The van der Waals surface area contributed by atoms with Gasteiger partial charge in [0.15, 0.2) is 0 Å². The molecule has 2 heterocycles. The molecule has 0 aliphatic carbocycles. The molecule has 0 bridgehead atoms. The average Bonchev–Trinajstić information content (AvgIpc) is 2.76. The van der Waals surface area contributed by atoms with Gasteiger partial charge in [0.1, 0.15) is 0 Å². The third kappa shape index (κ3) is 2.64. The highest BCUT2D eigenvalue weighted by atomic mass is 15.4. The number of pyridine rings is 1. The molecule has 0 fully saturated rings. The van der Waals surface area contributed by atoms with Gasteiger partial charge >= 0.3 is 0 Å². The summed E-state index contributed by atoms with van der Waals surface area (Å²) in [5, 5.41) is 11.4. The van der Waals surface area contributed by atoms with E-state index >= 15 is 0 Å². The van der Waals surface area contributed by atoms with Crippen LogP contribution in [-0.2, 0) is 6.54 Å². The molecule has 0 amide bonds. The van der Waals surface area contributed by atoms with E-state index in [9.17, 15) is 0 Å². The topological polar surface area (TPSA) is 55.6 Å². The Balaban J connectivity index is 2.08. The number of rotatable bonds is 4. The highest BCUT2D eigenvalue weighted by molar-refractivity contribution is 5.26. The quantitative estimate of drug-likeness (QED) is 0.835. The first-order valence-corrected chi connectivity index (χ1v) is 5.30. The molecule has 5 nitrogen and oxygen atoms in total. The molecule has 0 unspecified atom stereocenters. The van der Waals surface area contributed by atoms with Crippen molar-refractivity contribution in [3.63, 3.8) is 0 Å². The number of hydrogen-bond acceptors (Lipinski definition) is 4. The Labute approximate surface area is 94.5 Å². The first-order chi connectivity index (χ1) is 7.75. The van der Waals surface area contributed by atoms with E-state index in [0.717, 1.165) is 17.9 Å². The summed E-state index contributed by atoms with van der Waals surface area (Å²) in [6, 6.07) is 4.27. The molecule has 0 saturated heterocycles. The summed E-state index contributed by atoms with van der Waals surface area (Å²) in [7, 11) is 0. The maximum absolute atomic E-state index is 4.09. The van der Waals surface area contributed by atoms with Gasteiger partial charge in [0.25, 0.3) is 0 Å². The van der Waals surface area contributed by atoms with Crippen LogP contribution < -0.4 is 5.32 Å².